The highest BCUT2D eigenvalue weighted by atomic mass is 16.6. The van der Waals surface area contributed by atoms with Crippen molar-refractivity contribution in [2.45, 2.75) is 245 Å². The number of esters is 3. The van der Waals surface area contributed by atoms with Gasteiger partial charge in [-0.3, -0.25) is 14.4 Å². The zero-order valence-corrected chi connectivity index (χ0v) is 42.2. The number of hydrogen-bond acceptors (Lipinski definition) is 6. The zero-order valence-electron chi connectivity index (χ0n) is 42.2. The first-order valence-electron chi connectivity index (χ1n) is 26.7. The van der Waals surface area contributed by atoms with Crippen LogP contribution < -0.4 is 0 Å². The molecule has 370 valence electrons. The van der Waals surface area contributed by atoms with Crippen molar-refractivity contribution in [3.8, 4) is 0 Å². The predicted octanol–water partition coefficient (Wildman–Crippen LogP) is 17.8. The second-order valence-electron chi connectivity index (χ2n) is 17.4. The van der Waals surface area contributed by atoms with E-state index in [0.29, 0.717) is 19.3 Å². The molecule has 0 aromatic rings. The summed E-state index contributed by atoms with van der Waals surface area (Å²) in [4.78, 5) is 38.0. The van der Waals surface area contributed by atoms with Crippen LogP contribution in [0, 0.1) is 0 Å². The third-order valence-corrected chi connectivity index (χ3v) is 11.1. The van der Waals surface area contributed by atoms with Crippen molar-refractivity contribution in [2.75, 3.05) is 13.2 Å². The van der Waals surface area contributed by atoms with Crippen molar-refractivity contribution in [1.29, 1.82) is 0 Å². The first-order chi connectivity index (χ1) is 32.0. The Labute approximate surface area is 400 Å². The van der Waals surface area contributed by atoms with E-state index < -0.39 is 6.10 Å². The maximum atomic E-state index is 12.8. The van der Waals surface area contributed by atoms with E-state index in [0.717, 1.165) is 70.6 Å². The van der Waals surface area contributed by atoms with Crippen LogP contribution in [0.3, 0.4) is 0 Å². The first kappa shape index (κ1) is 61.3. The van der Waals surface area contributed by atoms with Crippen LogP contribution in [0.1, 0.15) is 239 Å². The van der Waals surface area contributed by atoms with Crippen LogP contribution in [-0.2, 0) is 28.6 Å². The minimum Gasteiger partial charge on any atom is -0.462 e. The van der Waals surface area contributed by atoms with E-state index in [9.17, 15) is 14.4 Å². The van der Waals surface area contributed by atoms with Gasteiger partial charge in [-0.05, 0) is 96.3 Å². The highest BCUT2D eigenvalue weighted by Gasteiger charge is 2.19. The lowest BCUT2D eigenvalue weighted by Gasteiger charge is -2.18. The highest BCUT2D eigenvalue weighted by Crippen LogP contribution is 2.14. The van der Waals surface area contributed by atoms with Gasteiger partial charge in [0.25, 0.3) is 0 Å². The molecule has 65 heavy (non-hydrogen) atoms. The van der Waals surface area contributed by atoms with Crippen LogP contribution in [0.15, 0.2) is 97.2 Å². The van der Waals surface area contributed by atoms with Gasteiger partial charge >= 0.3 is 17.9 Å². The summed E-state index contributed by atoms with van der Waals surface area (Å²) in [5.41, 5.74) is 0. The van der Waals surface area contributed by atoms with Gasteiger partial charge in [-0.1, -0.05) is 221 Å². The van der Waals surface area contributed by atoms with E-state index in [1.54, 1.807) is 0 Å². The standard InChI is InChI=1S/C59H98O6/c1-4-7-10-13-16-19-22-25-27-29-31-34-37-40-43-46-49-52-58(61)64-55-56(54-63-57(60)51-48-45-42-39-36-33-24-21-18-15-12-9-6-3)65-59(62)53-50-47-44-41-38-35-32-30-28-26-23-20-17-14-11-8-5-2/h16-17,19-20,25-28,31-32,34-35,40-41,43-44,56H,4-15,18,21-24,29-30,33,36-39,42,45-55H2,1-3H3/b19-16-,20-17-,27-25-,28-26-,34-31-,35-32-,43-40-,44-41-/t56-/m0/s1. The topological polar surface area (TPSA) is 78.9 Å². The van der Waals surface area contributed by atoms with Gasteiger partial charge in [0, 0.05) is 19.3 Å². The lowest BCUT2D eigenvalue weighted by molar-refractivity contribution is -0.167. The van der Waals surface area contributed by atoms with Crippen molar-refractivity contribution in [1.82, 2.24) is 0 Å². The van der Waals surface area contributed by atoms with E-state index in [2.05, 4.69) is 118 Å². The average Bonchev–Trinajstić information content (AvgIpc) is 3.30. The number of carbonyl (C=O) groups excluding carboxylic acids is 3. The van der Waals surface area contributed by atoms with Gasteiger partial charge in [-0.2, -0.15) is 0 Å². The van der Waals surface area contributed by atoms with Crippen LogP contribution >= 0.6 is 0 Å². The number of rotatable bonds is 47. The molecule has 0 aromatic heterocycles. The summed E-state index contributed by atoms with van der Waals surface area (Å²) in [6, 6.07) is 0. The fourth-order valence-corrected chi connectivity index (χ4v) is 7.01. The molecule has 0 aliphatic carbocycles. The molecule has 0 rings (SSSR count). The molecule has 6 nitrogen and oxygen atoms in total. The summed E-state index contributed by atoms with van der Waals surface area (Å²) in [7, 11) is 0. The third kappa shape index (κ3) is 51.2. The number of allylic oxidation sites excluding steroid dienone is 16. The summed E-state index contributed by atoms with van der Waals surface area (Å²) >= 11 is 0. The molecule has 0 aliphatic rings. The third-order valence-electron chi connectivity index (χ3n) is 11.1. The Morgan fingerprint density at radius 3 is 0.923 bits per heavy atom. The second-order valence-corrected chi connectivity index (χ2v) is 17.4. The Hall–Kier alpha value is -3.67. The summed E-state index contributed by atoms with van der Waals surface area (Å²) < 4.78 is 16.7. The molecule has 6 heteroatoms. The van der Waals surface area contributed by atoms with E-state index in [-0.39, 0.29) is 44.0 Å². The lowest BCUT2D eigenvalue weighted by Crippen LogP contribution is -2.30. The van der Waals surface area contributed by atoms with Crippen molar-refractivity contribution < 1.29 is 28.6 Å². The van der Waals surface area contributed by atoms with Gasteiger partial charge < -0.3 is 14.2 Å². The summed E-state index contributed by atoms with van der Waals surface area (Å²) in [6.07, 6.45) is 69.7. The predicted molar refractivity (Wildman–Crippen MR) is 279 cm³/mol. The largest absolute Gasteiger partial charge is 0.462 e. The normalized spacial score (nSPS) is 12.8. The fourth-order valence-electron chi connectivity index (χ4n) is 7.01. The second kappa shape index (κ2) is 52.9. The molecule has 0 bridgehead atoms. The van der Waals surface area contributed by atoms with Crippen molar-refractivity contribution in [2.24, 2.45) is 0 Å². The van der Waals surface area contributed by atoms with E-state index in [1.165, 1.54) is 116 Å². The van der Waals surface area contributed by atoms with Crippen molar-refractivity contribution >= 4 is 17.9 Å². The SMILES string of the molecule is CCCCC/C=C\C/C=C\C/C=C\C/C=C\CCCC(=O)OC[C@H](COC(=O)CCCCCCCCCCCCCCC)OC(=O)CCC/C=C\C/C=C\C/C=C\C/C=C\CCCCC. The lowest BCUT2D eigenvalue weighted by atomic mass is 10.0. The molecule has 0 saturated heterocycles. The van der Waals surface area contributed by atoms with E-state index in [1.807, 2.05) is 0 Å². The summed E-state index contributed by atoms with van der Waals surface area (Å²) in [5.74, 6) is -1.03. The smallest absolute Gasteiger partial charge is 0.306 e. The van der Waals surface area contributed by atoms with Crippen molar-refractivity contribution in [3.63, 3.8) is 0 Å². The molecule has 0 heterocycles. The van der Waals surface area contributed by atoms with Gasteiger partial charge in [-0.25, -0.2) is 0 Å². The van der Waals surface area contributed by atoms with Gasteiger partial charge in [-0.15, -0.1) is 0 Å². The monoisotopic (exact) mass is 903 g/mol. The highest BCUT2D eigenvalue weighted by molar-refractivity contribution is 5.71. The minimum atomic E-state index is -0.827. The Bertz CT molecular complexity index is 1310. The van der Waals surface area contributed by atoms with Crippen LogP contribution in [0.2, 0.25) is 0 Å². The quantitative estimate of drug-likeness (QED) is 0.0262. The fraction of sp³-hybridized carbons (Fsp3) is 0.678. The molecule has 0 radical (unpaired) electrons. The molecule has 0 unspecified atom stereocenters. The van der Waals surface area contributed by atoms with Crippen LogP contribution in [0.4, 0.5) is 0 Å². The van der Waals surface area contributed by atoms with E-state index in [4.69, 9.17) is 14.2 Å². The van der Waals surface area contributed by atoms with Crippen LogP contribution in [0.25, 0.3) is 0 Å². The average molecular weight is 903 g/mol. The maximum Gasteiger partial charge on any atom is 0.306 e. The minimum absolute atomic E-state index is 0.115. The molecule has 0 saturated carbocycles. The summed E-state index contributed by atoms with van der Waals surface area (Å²) in [5, 5.41) is 0. The number of carbonyl (C=O) groups is 3. The molecule has 0 fully saturated rings. The Balaban J connectivity index is 4.57. The Morgan fingerprint density at radius 1 is 0.308 bits per heavy atom. The van der Waals surface area contributed by atoms with E-state index >= 15 is 0 Å². The van der Waals surface area contributed by atoms with Crippen LogP contribution in [0.5, 0.6) is 0 Å². The van der Waals surface area contributed by atoms with Gasteiger partial charge in [0.15, 0.2) is 6.10 Å². The zero-order chi connectivity index (χ0) is 47.2. The number of ether oxygens (including phenoxy) is 3. The number of unbranched alkanes of at least 4 members (excludes halogenated alkanes) is 20. The summed E-state index contributed by atoms with van der Waals surface area (Å²) in [6.45, 7) is 6.48. The maximum absolute atomic E-state index is 12.8. The number of hydrogen-bond donors (Lipinski definition) is 0. The van der Waals surface area contributed by atoms with Gasteiger partial charge in [0.1, 0.15) is 13.2 Å². The Morgan fingerprint density at radius 2 is 0.569 bits per heavy atom. The van der Waals surface area contributed by atoms with Gasteiger partial charge in [0.2, 0.25) is 0 Å². The molecule has 1 atom stereocenters. The molecule has 0 aromatic carbocycles. The van der Waals surface area contributed by atoms with Gasteiger partial charge in [0.05, 0.1) is 0 Å². The molecule has 0 N–H and O–H groups in total. The molecule has 0 amide bonds. The van der Waals surface area contributed by atoms with Crippen LogP contribution in [-0.4, -0.2) is 37.2 Å². The first-order valence-corrected chi connectivity index (χ1v) is 26.7. The molecular weight excluding hydrogens is 805 g/mol. The molecular formula is C59H98O6. The van der Waals surface area contributed by atoms with Crippen molar-refractivity contribution in [3.05, 3.63) is 97.2 Å². The molecule has 0 spiro atoms. The Kier molecular flexibility index (Phi) is 50.0. The molecule has 0 aliphatic heterocycles.